The van der Waals surface area contributed by atoms with Crippen LogP contribution >= 0.6 is 11.8 Å². The topological polar surface area (TPSA) is 79.6 Å². The van der Waals surface area contributed by atoms with E-state index in [-0.39, 0.29) is 11.9 Å². The van der Waals surface area contributed by atoms with Crippen molar-refractivity contribution in [1.29, 1.82) is 0 Å². The Morgan fingerprint density at radius 3 is 2.83 bits per heavy atom. The Labute approximate surface area is 211 Å². The Morgan fingerprint density at radius 2 is 2.06 bits per heavy atom. The van der Waals surface area contributed by atoms with Gasteiger partial charge in [-0.05, 0) is 79.1 Å². The normalized spacial score (nSPS) is 20.5. The Bertz CT molecular complexity index is 1170. The van der Waals surface area contributed by atoms with Gasteiger partial charge < -0.3 is 26.0 Å². The zero-order valence-corrected chi connectivity index (χ0v) is 20.8. The van der Waals surface area contributed by atoms with Crippen LogP contribution in [0.1, 0.15) is 35.2 Å². The van der Waals surface area contributed by atoms with Crippen molar-refractivity contribution >= 4 is 23.4 Å². The van der Waals surface area contributed by atoms with E-state index < -0.39 is 0 Å². The molecule has 1 aliphatic heterocycles. The number of carbonyl (C=O) groups excluding carboxylic acids is 1. The second kappa shape index (κ2) is 10.6. The van der Waals surface area contributed by atoms with Gasteiger partial charge in [-0.1, -0.05) is 18.2 Å². The molecule has 0 bridgehead atoms. The summed E-state index contributed by atoms with van der Waals surface area (Å²) < 4.78 is 6.06. The van der Waals surface area contributed by atoms with E-state index in [4.69, 9.17) is 10.5 Å². The molecule has 1 saturated carbocycles. The fourth-order valence-electron chi connectivity index (χ4n) is 4.21. The largest absolute Gasteiger partial charge is 0.491 e. The number of allylic oxidation sites excluding steroid dienone is 1. The van der Waals surface area contributed by atoms with Gasteiger partial charge in [0, 0.05) is 47.5 Å². The summed E-state index contributed by atoms with van der Waals surface area (Å²) in [6, 6.07) is 14.4. The number of nitrogens with two attached hydrogens (primary N) is 1. The third-order valence-electron chi connectivity index (χ3n) is 6.46. The lowest BCUT2D eigenvalue weighted by Crippen LogP contribution is -2.29. The summed E-state index contributed by atoms with van der Waals surface area (Å²) in [6.07, 6.45) is 13.7. The summed E-state index contributed by atoms with van der Waals surface area (Å²) in [5.41, 5.74) is 11.1. The van der Waals surface area contributed by atoms with Crippen molar-refractivity contribution in [1.82, 2.24) is 10.6 Å². The van der Waals surface area contributed by atoms with Gasteiger partial charge in [0.2, 0.25) is 0 Å². The van der Waals surface area contributed by atoms with Crippen molar-refractivity contribution in [3.05, 3.63) is 89.3 Å². The highest BCUT2D eigenvalue weighted by molar-refractivity contribution is 7.98. The second-order valence-corrected chi connectivity index (χ2v) is 9.99. The van der Waals surface area contributed by atoms with E-state index in [1.54, 1.807) is 11.8 Å². The predicted octanol–water partition coefficient (Wildman–Crippen LogP) is 4.34. The molecule has 1 heterocycles. The van der Waals surface area contributed by atoms with Gasteiger partial charge in [-0.25, -0.2) is 0 Å². The summed E-state index contributed by atoms with van der Waals surface area (Å²) in [5.74, 6) is 0.616. The molecule has 35 heavy (non-hydrogen) atoms. The molecule has 1 unspecified atom stereocenters. The zero-order valence-electron chi connectivity index (χ0n) is 20.0. The van der Waals surface area contributed by atoms with E-state index in [1.165, 1.54) is 17.7 Å². The lowest BCUT2D eigenvalue weighted by atomic mass is 10.0. The third-order valence-corrected chi connectivity index (χ3v) is 7.20. The first-order valence-corrected chi connectivity index (χ1v) is 13.4. The molecular formula is C28H32N4O2S. The van der Waals surface area contributed by atoms with Gasteiger partial charge in [-0.15, -0.1) is 11.8 Å². The number of anilines is 1. The summed E-state index contributed by atoms with van der Waals surface area (Å²) in [6.45, 7) is 1.93. The van der Waals surface area contributed by atoms with E-state index in [0.717, 1.165) is 41.2 Å². The van der Waals surface area contributed by atoms with Crippen LogP contribution in [0.3, 0.4) is 0 Å². The van der Waals surface area contributed by atoms with E-state index in [0.29, 0.717) is 24.8 Å². The molecular weight excluding hydrogens is 456 g/mol. The van der Waals surface area contributed by atoms with E-state index in [9.17, 15) is 4.79 Å². The maximum atomic E-state index is 12.9. The molecule has 2 aromatic carbocycles. The fourth-order valence-corrected chi connectivity index (χ4v) is 4.62. The van der Waals surface area contributed by atoms with Crippen molar-refractivity contribution in [2.24, 2.45) is 5.73 Å². The van der Waals surface area contributed by atoms with Crippen LogP contribution in [0.5, 0.6) is 5.75 Å². The first-order valence-electron chi connectivity index (χ1n) is 12.2. The van der Waals surface area contributed by atoms with Crippen molar-refractivity contribution in [2.75, 3.05) is 24.3 Å². The number of thioether (sulfide) groups is 1. The molecule has 5 rings (SSSR count). The Balaban J connectivity index is 1.32. The first kappa shape index (κ1) is 23.6. The number of benzene rings is 2. The quantitative estimate of drug-likeness (QED) is 0.503. The molecule has 1 amide bonds. The summed E-state index contributed by atoms with van der Waals surface area (Å²) in [7, 11) is 0. The van der Waals surface area contributed by atoms with Gasteiger partial charge in [0.1, 0.15) is 5.75 Å². The van der Waals surface area contributed by atoms with Crippen LogP contribution in [-0.4, -0.2) is 37.4 Å². The van der Waals surface area contributed by atoms with Crippen LogP contribution < -0.4 is 26.0 Å². The van der Waals surface area contributed by atoms with Crippen molar-refractivity contribution in [3.8, 4) is 5.75 Å². The molecule has 6 nitrogen and oxygen atoms in total. The fraction of sp³-hybridized carbons (Fsp3) is 0.321. The predicted molar refractivity (Wildman–Crippen MR) is 143 cm³/mol. The minimum atomic E-state index is -0.115. The van der Waals surface area contributed by atoms with Crippen LogP contribution in [0.2, 0.25) is 0 Å². The van der Waals surface area contributed by atoms with Crippen LogP contribution in [-0.2, 0) is 6.54 Å². The minimum absolute atomic E-state index is 0.111. The van der Waals surface area contributed by atoms with Crippen molar-refractivity contribution < 1.29 is 9.53 Å². The Kier molecular flexibility index (Phi) is 7.16. The summed E-state index contributed by atoms with van der Waals surface area (Å²) >= 11 is 1.70. The zero-order chi connectivity index (χ0) is 24.2. The monoisotopic (exact) mass is 488 g/mol. The highest BCUT2D eigenvalue weighted by Crippen LogP contribution is 2.36. The van der Waals surface area contributed by atoms with Crippen molar-refractivity contribution in [2.45, 2.75) is 42.8 Å². The number of ether oxygens (including phenoxy) is 1. The van der Waals surface area contributed by atoms with E-state index >= 15 is 0 Å². The third kappa shape index (κ3) is 5.74. The molecule has 3 aliphatic rings. The number of rotatable bonds is 7. The summed E-state index contributed by atoms with van der Waals surface area (Å²) in [5, 5.41) is 6.47. The van der Waals surface area contributed by atoms with Crippen LogP contribution in [0.15, 0.2) is 83.1 Å². The lowest BCUT2D eigenvalue weighted by Gasteiger charge is -2.28. The molecule has 2 aliphatic carbocycles. The van der Waals surface area contributed by atoms with Gasteiger partial charge in [0.15, 0.2) is 0 Å². The smallest absolute Gasteiger partial charge is 0.251 e. The van der Waals surface area contributed by atoms with E-state index in [2.05, 4.69) is 52.3 Å². The second-order valence-electron chi connectivity index (χ2n) is 9.11. The maximum absolute atomic E-state index is 12.9. The van der Waals surface area contributed by atoms with Gasteiger partial charge in [0.05, 0.1) is 12.3 Å². The number of hydrogen-bond acceptors (Lipinski definition) is 6. The standard InChI is InChI=1S/C28H32N4O2S/c1-35-24-9-3-19(4-10-24)17-31-28(33)20-5-12-26-27(16-20)34-14-2-13-32(26)23-8-11-25(29)21(15-23)18-30-22-6-7-22/h3-5,8-12,15-16,18,22,25,30H,2,6-7,13-14,17,29H2,1H3,(H,31,33)/b21-18-. The average molecular weight is 489 g/mol. The molecule has 0 spiro atoms. The molecule has 1 atom stereocenters. The first-order chi connectivity index (χ1) is 17.1. The number of hydrogen-bond donors (Lipinski definition) is 3. The van der Waals surface area contributed by atoms with Crippen LogP contribution in [0, 0.1) is 0 Å². The molecule has 7 heteroatoms. The molecule has 182 valence electrons. The van der Waals surface area contributed by atoms with Gasteiger partial charge in [-0.2, -0.15) is 0 Å². The van der Waals surface area contributed by atoms with Gasteiger partial charge in [-0.3, -0.25) is 4.79 Å². The molecule has 0 aromatic heterocycles. The average Bonchev–Trinajstić information content (AvgIpc) is 3.73. The van der Waals surface area contributed by atoms with Crippen LogP contribution in [0.4, 0.5) is 5.69 Å². The molecule has 4 N–H and O–H groups in total. The number of nitrogens with zero attached hydrogens (tertiary/aromatic N) is 1. The SMILES string of the molecule is CSc1ccc(CNC(=O)c2ccc3c(c2)OCCCN3C2=C/C(=C/NC3CC3)C(N)C=C2)cc1. The highest BCUT2D eigenvalue weighted by atomic mass is 32.2. The maximum Gasteiger partial charge on any atom is 0.251 e. The molecule has 0 saturated heterocycles. The highest BCUT2D eigenvalue weighted by Gasteiger charge is 2.24. The molecule has 0 radical (unpaired) electrons. The Morgan fingerprint density at radius 1 is 1.23 bits per heavy atom. The number of fused-ring (bicyclic) bond motifs is 1. The number of amides is 1. The van der Waals surface area contributed by atoms with Crippen LogP contribution in [0.25, 0.3) is 0 Å². The minimum Gasteiger partial charge on any atom is -0.491 e. The number of carbonyl (C=O) groups is 1. The molecule has 2 aromatic rings. The van der Waals surface area contributed by atoms with Gasteiger partial charge >= 0.3 is 0 Å². The molecule has 1 fully saturated rings. The van der Waals surface area contributed by atoms with E-state index in [1.807, 2.05) is 36.4 Å². The lowest BCUT2D eigenvalue weighted by molar-refractivity contribution is 0.0950. The van der Waals surface area contributed by atoms with Crippen molar-refractivity contribution in [3.63, 3.8) is 0 Å². The Hall–Kier alpha value is -3.16. The number of nitrogens with one attached hydrogen (secondary N) is 2. The van der Waals surface area contributed by atoms with Gasteiger partial charge in [0.25, 0.3) is 5.91 Å². The summed E-state index contributed by atoms with van der Waals surface area (Å²) in [4.78, 5) is 16.3.